The molecule has 0 aromatic heterocycles. The number of carbonyl (C=O) groups excluding carboxylic acids is 1. The summed E-state index contributed by atoms with van der Waals surface area (Å²) in [4.78, 5) is 11.0. The van der Waals surface area contributed by atoms with Crippen LogP contribution < -0.4 is 4.89 Å². The summed E-state index contributed by atoms with van der Waals surface area (Å²) in [6, 6.07) is 0. The Hall–Kier alpha value is -0.610. The van der Waals surface area contributed by atoms with Crippen molar-refractivity contribution in [1.82, 2.24) is 0 Å². The molecule has 1 saturated heterocycles. The topological polar surface area (TPSA) is 51.0 Å². The highest BCUT2D eigenvalue weighted by molar-refractivity contribution is 5.57. The molecule has 1 fully saturated rings. The number of likely N-dealkylation sites (tertiary alicyclic amines) is 1. The quantitative estimate of drug-likeness (QED) is 0.544. The van der Waals surface area contributed by atoms with E-state index in [1.54, 1.807) is 20.8 Å². The van der Waals surface area contributed by atoms with Gasteiger partial charge in [-0.25, -0.2) is 4.89 Å². The van der Waals surface area contributed by atoms with E-state index in [2.05, 4.69) is 0 Å². The predicted molar refractivity (Wildman–Crippen MR) is 47.6 cm³/mol. The van der Waals surface area contributed by atoms with Gasteiger partial charge in [0.25, 0.3) is 0 Å². The second-order valence-corrected chi connectivity index (χ2v) is 4.37. The third kappa shape index (κ3) is 3.32. The Morgan fingerprint density at radius 1 is 1.69 bits per heavy atom. The predicted octanol–water partition coefficient (Wildman–Crippen LogP) is -0.429. The van der Waals surface area contributed by atoms with Crippen LogP contribution in [0.3, 0.4) is 0 Å². The monoisotopic (exact) mass is 189 g/mol. The molecular formula is C9H18NO3+. The fourth-order valence-electron chi connectivity index (χ4n) is 1.23. The van der Waals surface area contributed by atoms with E-state index in [0.717, 1.165) is 0 Å². The van der Waals surface area contributed by atoms with E-state index in [1.165, 1.54) is 0 Å². The molecule has 2 atom stereocenters. The van der Waals surface area contributed by atoms with Gasteiger partial charge in [-0.05, 0) is 20.8 Å². The summed E-state index contributed by atoms with van der Waals surface area (Å²) in [5, 5.41) is 9.27. The zero-order chi connectivity index (χ0) is 11.0. The van der Waals surface area contributed by atoms with Gasteiger partial charge in [0.15, 0.2) is 0 Å². The minimum absolute atomic E-state index is 0.134. The molecule has 0 spiro atoms. The number of ether oxygens (including phenoxy) is 1. The average Bonchev–Trinajstić information content (AvgIpc) is 2.29. The van der Waals surface area contributed by atoms with Gasteiger partial charge >= 0.3 is 7.51 Å². The molecule has 0 bridgehead atoms. The Morgan fingerprint density at radius 3 is 2.69 bits per heavy atom. The molecule has 76 valence electrons. The number of alkyl carbamates (subject to hydrolysis) is 2. The third-order valence-corrected chi connectivity index (χ3v) is 1.82. The van der Waals surface area contributed by atoms with E-state index in [1.807, 2.05) is 0 Å². The first kappa shape index (κ1) is 8.97. The van der Waals surface area contributed by atoms with Crippen molar-refractivity contribution in [1.29, 1.82) is 0 Å². The second kappa shape index (κ2) is 3.64. The number of carbonyl (C=O) groups is 1. The summed E-state index contributed by atoms with van der Waals surface area (Å²) in [5.41, 5.74) is -0.572. The highest BCUT2D eigenvalue weighted by atomic mass is 16.6. The fraction of sp³-hybridized carbons (Fsp3) is 0.889. The van der Waals surface area contributed by atoms with Crippen LogP contribution in [-0.4, -0.2) is 36.0 Å². The maximum absolute atomic E-state index is 11.6. The molecule has 4 heteroatoms. The van der Waals surface area contributed by atoms with Gasteiger partial charge in [-0.2, -0.15) is 4.79 Å². The Labute approximate surface area is 79.9 Å². The maximum Gasteiger partial charge on any atom is 0.514 e. The molecule has 1 aliphatic heterocycles. The summed E-state index contributed by atoms with van der Waals surface area (Å²) in [6.45, 7) is 5.77. The minimum Gasteiger partial charge on any atom is -0.414 e. The van der Waals surface area contributed by atoms with Crippen molar-refractivity contribution in [2.75, 3.05) is 13.1 Å². The van der Waals surface area contributed by atoms with E-state index >= 15 is 0 Å². The van der Waals surface area contributed by atoms with Crippen LogP contribution in [0.25, 0.3) is 0 Å². The van der Waals surface area contributed by atoms with Gasteiger partial charge in [0, 0.05) is 6.42 Å². The van der Waals surface area contributed by atoms with Gasteiger partial charge in [-0.15, -0.1) is 0 Å². The van der Waals surface area contributed by atoms with Crippen LogP contribution in [0.4, 0.5) is 4.79 Å². The van der Waals surface area contributed by atoms with Gasteiger partial charge < -0.3 is 9.84 Å². The molecule has 2 unspecified atom stereocenters. The first-order chi connectivity index (χ1) is 6.23. The molecule has 0 aliphatic carbocycles. The minimum atomic E-state index is -0.575. The normalized spacial score (nSPS) is 35.7. The molecule has 1 heterocycles. The fourth-order valence-corrected chi connectivity index (χ4v) is 1.23. The van der Waals surface area contributed by atoms with Crippen molar-refractivity contribution in [2.45, 2.75) is 38.9 Å². The number of rotatable bonds is 0. The largest absolute Gasteiger partial charge is 0.514 e. The van der Waals surface area contributed by atoms with Crippen molar-refractivity contribution < 1.29 is 20.9 Å². The zero-order valence-corrected chi connectivity index (χ0v) is 8.41. The lowest BCUT2D eigenvalue weighted by Gasteiger charge is -2.20. The van der Waals surface area contributed by atoms with E-state index in [0.29, 0.717) is 13.0 Å². The molecule has 0 saturated carbocycles. The van der Waals surface area contributed by atoms with Crippen molar-refractivity contribution in [2.24, 2.45) is 0 Å². The van der Waals surface area contributed by atoms with Crippen LogP contribution in [0.1, 0.15) is 27.2 Å². The first-order valence-corrected chi connectivity index (χ1v) is 4.54. The number of quaternary nitrogens is 1. The lowest BCUT2D eigenvalue weighted by atomic mass is 10.2. The summed E-state index contributed by atoms with van der Waals surface area (Å²) in [6.07, 6.45) is -0.642. The van der Waals surface area contributed by atoms with Crippen LogP contribution in [-0.2, 0) is 4.74 Å². The maximum atomic E-state index is 11.6. The SMILES string of the molecule is [2H][N+]1(C(=O)OC(C)(C)C)CCC(O)C1. The van der Waals surface area contributed by atoms with Crippen LogP contribution in [0.5, 0.6) is 0 Å². The molecule has 4 nitrogen and oxygen atoms in total. The smallest absolute Gasteiger partial charge is 0.414 e. The Balaban J connectivity index is 2.61. The van der Waals surface area contributed by atoms with Gasteiger partial charge in [0.2, 0.25) is 0 Å². The number of hydrogen-bond acceptors (Lipinski definition) is 3. The van der Waals surface area contributed by atoms with Gasteiger partial charge in [-0.1, -0.05) is 0 Å². The summed E-state index contributed by atoms with van der Waals surface area (Å²) in [5.74, 6) is 0. The standard InChI is InChI=1S/C9H17NO3/c1-9(2,3)13-8(12)10-5-4-7(11)6-10/h7,11H,4-6H2,1-3H3/p+1/i/hD. The summed E-state index contributed by atoms with van der Waals surface area (Å²) < 4.78 is 12.9. The van der Waals surface area contributed by atoms with Crippen LogP contribution >= 0.6 is 0 Å². The van der Waals surface area contributed by atoms with E-state index in [-0.39, 0.29) is 6.54 Å². The average molecular weight is 189 g/mol. The van der Waals surface area contributed by atoms with Gasteiger partial charge in [0.05, 0.1) is 6.54 Å². The molecule has 2 N–H and O–H groups in total. The number of aliphatic hydroxyl groups excluding tert-OH is 1. The third-order valence-electron chi connectivity index (χ3n) is 1.82. The van der Waals surface area contributed by atoms with Gasteiger partial charge in [0.1, 0.15) is 18.2 Å². The first-order valence-electron chi connectivity index (χ1n) is 4.99. The lowest BCUT2D eigenvalue weighted by molar-refractivity contribution is -0.812. The molecule has 13 heavy (non-hydrogen) atoms. The van der Waals surface area contributed by atoms with Crippen LogP contribution in [0.2, 0.25) is 1.41 Å². The van der Waals surface area contributed by atoms with Crippen molar-refractivity contribution in [3.63, 3.8) is 0 Å². The van der Waals surface area contributed by atoms with Crippen LogP contribution in [0, 0.1) is 0 Å². The van der Waals surface area contributed by atoms with E-state index in [4.69, 9.17) is 6.15 Å². The Morgan fingerprint density at radius 2 is 2.31 bits per heavy atom. The van der Waals surface area contributed by atoms with Crippen molar-refractivity contribution in [3.05, 3.63) is 0 Å². The summed E-state index contributed by atoms with van der Waals surface area (Å²) in [7, 11) is 0. The lowest BCUT2D eigenvalue weighted by Crippen LogP contribution is -3.13. The van der Waals surface area contributed by atoms with Crippen molar-refractivity contribution in [3.8, 4) is 0 Å². The van der Waals surface area contributed by atoms with E-state index in [9.17, 15) is 9.90 Å². The Bertz CT molecular complexity index is 239. The molecule has 0 radical (unpaired) electrons. The van der Waals surface area contributed by atoms with Gasteiger partial charge in [-0.3, -0.25) is 0 Å². The Kier molecular flexibility index (Phi) is 2.51. The van der Waals surface area contributed by atoms with Crippen LogP contribution in [0.15, 0.2) is 0 Å². The number of nitrogens with one attached hydrogen (secondary N) is 1. The molecule has 1 aliphatic rings. The zero-order valence-electron chi connectivity index (χ0n) is 9.41. The molecule has 1 amide bonds. The molecular weight excluding hydrogens is 170 g/mol. The summed E-state index contributed by atoms with van der Waals surface area (Å²) >= 11 is 0. The number of amides is 1. The highest BCUT2D eigenvalue weighted by Crippen LogP contribution is 2.06. The highest BCUT2D eigenvalue weighted by Gasteiger charge is 2.33. The second-order valence-electron chi connectivity index (χ2n) is 4.37. The molecule has 0 aromatic carbocycles. The molecule has 1 rings (SSSR count). The van der Waals surface area contributed by atoms with Crippen molar-refractivity contribution >= 4 is 6.09 Å². The number of aliphatic hydroxyl groups is 1. The molecule has 0 aromatic rings. The number of hydrogen-bond donors (Lipinski definition) is 2. The van der Waals surface area contributed by atoms with E-state index < -0.39 is 22.7 Å².